The number of hydrogen-bond donors (Lipinski definition) is 2. The number of hydrogen-bond acceptors (Lipinski definition) is 4. The quantitative estimate of drug-likeness (QED) is 0.751. The van der Waals surface area contributed by atoms with Crippen LogP contribution >= 0.6 is 0 Å². The maximum Gasteiger partial charge on any atom is 0.290 e. The average molecular weight is 256 g/mol. The van der Waals surface area contributed by atoms with Gasteiger partial charge in [0.05, 0.1) is 23.3 Å². The van der Waals surface area contributed by atoms with Gasteiger partial charge in [0.25, 0.3) is 5.91 Å². The van der Waals surface area contributed by atoms with Gasteiger partial charge < -0.3 is 14.8 Å². The van der Waals surface area contributed by atoms with Crippen LogP contribution in [-0.2, 0) is 0 Å². The van der Waals surface area contributed by atoms with Crippen molar-refractivity contribution < 1.29 is 9.32 Å². The van der Waals surface area contributed by atoms with Crippen LogP contribution in [0.4, 0.5) is 0 Å². The monoisotopic (exact) mass is 256 g/mol. The van der Waals surface area contributed by atoms with E-state index in [1.165, 1.54) is 12.3 Å². The van der Waals surface area contributed by atoms with Crippen LogP contribution < -0.4 is 5.32 Å². The fraction of sp³-hybridized carbons (Fsp3) is 0.154. The van der Waals surface area contributed by atoms with E-state index in [9.17, 15) is 4.79 Å². The van der Waals surface area contributed by atoms with Crippen molar-refractivity contribution in [2.24, 2.45) is 0 Å². The summed E-state index contributed by atoms with van der Waals surface area (Å²) in [6.07, 6.45) is 1.43. The number of carbonyl (C=O) groups excluding carboxylic acids is 1. The first-order chi connectivity index (χ1) is 9.24. The molecule has 1 unspecified atom stereocenters. The molecule has 19 heavy (non-hydrogen) atoms. The highest BCUT2D eigenvalue weighted by atomic mass is 16.5. The molecule has 0 aliphatic heterocycles. The number of fused-ring (bicyclic) bond motifs is 1. The van der Waals surface area contributed by atoms with Gasteiger partial charge in [-0.25, -0.2) is 4.98 Å². The number of para-hydroxylation sites is 2. The third kappa shape index (κ3) is 2.20. The molecule has 96 valence electrons. The first-order valence-corrected chi connectivity index (χ1v) is 5.90. The van der Waals surface area contributed by atoms with E-state index in [4.69, 9.17) is 4.52 Å². The number of H-pyrrole nitrogens is 1. The minimum atomic E-state index is -0.314. The third-order valence-corrected chi connectivity index (χ3v) is 2.83. The maximum atomic E-state index is 11.8. The third-order valence-electron chi connectivity index (χ3n) is 2.83. The van der Waals surface area contributed by atoms with Crippen molar-refractivity contribution in [1.29, 1.82) is 0 Å². The predicted octanol–water partition coefficient (Wildman–Crippen LogP) is 2.04. The van der Waals surface area contributed by atoms with Crippen molar-refractivity contribution in [3.8, 4) is 0 Å². The zero-order chi connectivity index (χ0) is 13.2. The van der Waals surface area contributed by atoms with Gasteiger partial charge in [0, 0.05) is 6.07 Å². The van der Waals surface area contributed by atoms with Crippen molar-refractivity contribution in [2.45, 2.75) is 13.0 Å². The Kier molecular flexibility index (Phi) is 2.75. The van der Waals surface area contributed by atoms with Gasteiger partial charge in [-0.1, -0.05) is 17.3 Å². The van der Waals surface area contributed by atoms with Crippen LogP contribution in [0.25, 0.3) is 11.0 Å². The lowest BCUT2D eigenvalue weighted by Gasteiger charge is -2.09. The topological polar surface area (TPSA) is 83.8 Å². The van der Waals surface area contributed by atoms with E-state index in [0.29, 0.717) is 5.82 Å². The molecule has 0 radical (unpaired) electrons. The number of nitrogens with zero attached hydrogens (tertiary/aromatic N) is 2. The summed E-state index contributed by atoms with van der Waals surface area (Å²) >= 11 is 0. The molecular weight excluding hydrogens is 244 g/mol. The summed E-state index contributed by atoms with van der Waals surface area (Å²) in [5.74, 6) is 0.572. The molecule has 1 amide bonds. The Balaban J connectivity index is 1.80. The van der Waals surface area contributed by atoms with E-state index in [1.54, 1.807) is 0 Å². The van der Waals surface area contributed by atoms with Gasteiger partial charge in [0.2, 0.25) is 5.76 Å². The second-order valence-corrected chi connectivity index (χ2v) is 4.21. The summed E-state index contributed by atoms with van der Waals surface area (Å²) in [7, 11) is 0. The van der Waals surface area contributed by atoms with E-state index in [-0.39, 0.29) is 17.7 Å². The number of nitrogens with one attached hydrogen (secondary N) is 2. The molecule has 0 saturated heterocycles. The zero-order valence-corrected chi connectivity index (χ0v) is 10.3. The maximum absolute atomic E-state index is 11.8. The van der Waals surface area contributed by atoms with E-state index < -0.39 is 0 Å². The first kappa shape index (κ1) is 11.5. The average Bonchev–Trinajstić information content (AvgIpc) is 3.07. The first-order valence-electron chi connectivity index (χ1n) is 5.90. The Morgan fingerprint density at radius 3 is 2.95 bits per heavy atom. The standard InChI is InChI=1S/C13H12N4O2/c1-8(15-13(18)11-6-7-14-19-11)12-16-9-4-2-3-5-10(9)17-12/h2-8H,1H3,(H,15,18)(H,16,17). The highest BCUT2D eigenvalue weighted by Crippen LogP contribution is 2.15. The molecule has 3 rings (SSSR count). The van der Waals surface area contributed by atoms with Crippen LogP contribution in [-0.4, -0.2) is 21.0 Å². The molecule has 2 aromatic heterocycles. The van der Waals surface area contributed by atoms with Crippen molar-refractivity contribution in [3.63, 3.8) is 0 Å². The number of aromatic amines is 1. The molecule has 6 heteroatoms. The Labute approximate surface area is 108 Å². The van der Waals surface area contributed by atoms with Crippen LogP contribution in [0, 0.1) is 0 Å². The van der Waals surface area contributed by atoms with Crippen LogP contribution in [0.5, 0.6) is 0 Å². The van der Waals surface area contributed by atoms with Gasteiger partial charge in [-0.3, -0.25) is 4.79 Å². The number of benzene rings is 1. The van der Waals surface area contributed by atoms with Crippen molar-refractivity contribution in [1.82, 2.24) is 20.4 Å². The van der Waals surface area contributed by atoms with Gasteiger partial charge in [-0.05, 0) is 19.1 Å². The van der Waals surface area contributed by atoms with Gasteiger partial charge >= 0.3 is 0 Å². The summed E-state index contributed by atoms with van der Waals surface area (Å²) in [6.45, 7) is 1.85. The molecule has 2 N–H and O–H groups in total. The second kappa shape index (κ2) is 4.56. The lowest BCUT2D eigenvalue weighted by molar-refractivity contribution is 0.0901. The number of imidazole rings is 1. The van der Waals surface area contributed by atoms with E-state index in [1.807, 2.05) is 31.2 Å². The SMILES string of the molecule is CC(NC(=O)c1ccno1)c1nc2ccccc2[nH]1. The summed E-state index contributed by atoms with van der Waals surface area (Å²) in [6, 6.07) is 8.98. The van der Waals surface area contributed by atoms with E-state index in [0.717, 1.165) is 11.0 Å². The van der Waals surface area contributed by atoms with Crippen LogP contribution in [0.15, 0.2) is 41.1 Å². The Morgan fingerprint density at radius 1 is 1.37 bits per heavy atom. The van der Waals surface area contributed by atoms with Crippen molar-refractivity contribution in [2.75, 3.05) is 0 Å². The highest BCUT2D eigenvalue weighted by Gasteiger charge is 2.16. The second-order valence-electron chi connectivity index (χ2n) is 4.21. The molecule has 6 nitrogen and oxygen atoms in total. The molecule has 0 aliphatic carbocycles. The summed E-state index contributed by atoms with van der Waals surface area (Å²) in [5, 5.41) is 6.29. The van der Waals surface area contributed by atoms with Gasteiger partial charge in [-0.15, -0.1) is 0 Å². The van der Waals surface area contributed by atoms with Crippen molar-refractivity contribution in [3.05, 3.63) is 48.1 Å². The van der Waals surface area contributed by atoms with E-state index >= 15 is 0 Å². The Hall–Kier alpha value is -2.63. The smallest absolute Gasteiger partial charge is 0.290 e. The molecule has 0 bridgehead atoms. The molecule has 2 heterocycles. The predicted molar refractivity (Wildman–Crippen MR) is 68.5 cm³/mol. The molecule has 1 aromatic carbocycles. The van der Waals surface area contributed by atoms with Crippen LogP contribution in [0.3, 0.4) is 0 Å². The fourth-order valence-electron chi connectivity index (χ4n) is 1.85. The van der Waals surface area contributed by atoms with Gasteiger partial charge in [0.15, 0.2) is 0 Å². The lowest BCUT2D eigenvalue weighted by Crippen LogP contribution is -2.26. The largest absolute Gasteiger partial charge is 0.351 e. The zero-order valence-electron chi connectivity index (χ0n) is 10.3. The highest BCUT2D eigenvalue weighted by molar-refractivity contribution is 5.91. The van der Waals surface area contributed by atoms with Crippen LogP contribution in [0.2, 0.25) is 0 Å². The minimum Gasteiger partial charge on any atom is -0.351 e. The molecule has 0 spiro atoms. The van der Waals surface area contributed by atoms with Gasteiger partial charge in [0.1, 0.15) is 5.82 Å². The van der Waals surface area contributed by atoms with Gasteiger partial charge in [-0.2, -0.15) is 0 Å². The normalized spacial score (nSPS) is 12.5. The summed E-state index contributed by atoms with van der Waals surface area (Å²) in [4.78, 5) is 19.4. The summed E-state index contributed by atoms with van der Waals surface area (Å²) < 4.78 is 4.80. The lowest BCUT2D eigenvalue weighted by atomic mass is 10.3. The van der Waals surface area contributed by atoms with Crippen molar-refractivity contribution >= 4 is 16.9 Å². The Bertz CT molecular complexity index is 669. The number of aromatic nitrogens is 3. The number of amides is 1. The minimum absolute atomic E-state index is 0.183. The van der Waals surface area contributed by atoms with E-state index in [2.05, 4.69) is 20.4 Å². The van der Waals surface area contributed by atoms with Crippen LogP contribution in [0.1, 0.15) is 29.3 Å². The Morgan fingerprint density at radius 2 is 2.21 bits per heavy atom. The summed E-state index contributed by atoms with van der Waals surface area (Å²) in [5.41, 5.74) is 1.82. The molecule has 0 aliphatic rings. The number of rotatable bonds is 3. The fourth-order valence-corrected chi connectivity index (χ4v) is 1.85. The molecule has 0 fully saturated rings. The molecule has 0 saturated carbocycles. The molecule has 1 atom stereocenters. The number of carbonyl (C=O) groups is 1. The molecule has 3 aromatic rings. The molecular formula is C13H12N4O2.